The first-order valence-corrected chi connectivity index (χ1v) is 7.90. The lowest BCUT2D eigenvalue weighted by Crippen LogP contribution is -2.49. The quantitative estimate of drug-likeness (QED) is 0.722. The summed E-state index contributed by atoms with van der Waals surface area (Å²) in [7, 11) is 1.82. The van der Waals surface area contributed by atoms with Crippen molar-refractivity contribution in [1.29, 1.82) is 0 Å². The average molecular weight is 323 g/mol. The maximum absolute atomic E-state index is 12.4. The second-order valence-electron chi connectivity index (χ2n) is 5.92. The Morgan fingerprint density at radius 2 is 2.30 bits per heavy atom. The maximum Gasteiger partial charge on any atom is 0.246 e. The monoisotopic (exact) mass is 323 g/mol. The minimum Gasteiger partial charge on any atom is -0.390 e. The molecule has 0 radical (unpaired) electrons. The molecule has 1 aliphatic rings. The Labute approximate surface area is 136 Å². The molecule has 1 aromatic rings. The molecule has 23 heavy (non-hydrogen) atoms. The molecule has 0 bridgehead atoms. The molecule has 0 aliphatic carbocycles. The Hall–Kier alpha value is -1.70. The van der Waals surface area contributed by atoms with Crippen LogP contribution in [0.3, 0.4) is 0 Å². The van der Waals surface area contributed by atoms with Gasteiger partial charge in [0.15, 0.2) is 0 Å². The van der Waals surface area contributed by atoms with Gasteiger partial charge in [-0.3, -0.25) is 9.48 Å². The third-order valence-corrected chi connectivity index (χ3v) is 3.90. The van der Waals surface area contributed by atoms with Gasteiger partial charge in [0.05, 0.1) is 25.5 Å². The largest absolute Gasteiger partial charge is 0.390 e. The van der Waals surface area contributed by atoms with Gasteiger partial charge >= 0.3 is 0 Å². The van der Waals surface area contributed by atoms with Crippen LogP contribution in [0.4, 0.5) is 0 Å². The van der Waals surface area contributed by atoms with Crippen LogP contribution in [0.1, 0.15) is 18.9 Å². The zero-order valence-corrected chi connectivity index (χ0v) is 13.6. The van der Waals surface area contributed by atoms with Crippen molar-refractivity contribution in [3.8, 4) is 0 Å². The van der Waals surface area contributed by atoms with Gasteiger partial charge < -0.3 is 19.8 Å². The fourth-order valence-electron chi connectivity index (χ4n) is 2.66. The molecule has 0 saturated carbocycles. The standard InChI is InChI=1S/C16H25N3O4/c1-3-6-19(9-13-10-23-11-14(20)16(13)22)15(21)5-4-12-7-17-18(2)8-12/h4-5,7-8,13-14,16,20,22H,3,6,9-11H2,1-2H3/b5-4+/t13-,14-,16+/m1/s1. The molecule has 7 heteroatoms. The highest BCUT2D eigenvalue weighted by Gasteiger charge is 2.33. The summed E-state index contributed by atoms with van der Waals surface area (Å²) in [5.74, 6) is -0.399. The van der Waals surface area contributed by atoms with Crippen molar-refractivity contribution in [2.24, 2.45) is 13.0 Å². The first kappa shape index (κ1) is 17.7. The zero-order chi connectivity index (χ0) is 16.8. The molecule has 0 spiro atoms. The SMILES string of the molecule is CCCN(C[C@@H]1COC[C@@H](O)[C@H]1O)C(=O)/C=C/c1cnn(C)c1. The van der Waals surface area contributed by atoms with Crippen molar-refractivity contribution in [2.75, 3.05) is 26.3 Å². The van der Waals surface area contributed by atoms with Crippen molar-refractivity contribution in [3.05, 3.63) is 24.0 Å². The minimum absolute atomic E-state index is 0.122. The van der Waals surface area contributed by atoms with E-state index in [9.17, 15) is 15.0 Å². The van der Waals surface area contributed by atoms with Gasteiger partial charge in [-0.1, -0.05) is 6.92 Å². The van der Waals surface area contributed by atoms with Crippen LogP contribution in [0.5, 0.6) is 0 Å². The van der Waals surface area contributed by atoms with Gasteiger partial charge in [0.25, 0.3) is 0 Å². The molecule has 1 fully saturated rings. The smallest absolute Gasteiger partial charge is 0.246 e. The molecule has 3 atom stereocenters. The number of hydrogen-bond acceptors (Lipinski definition) is 5. The lowest BCUT2D eigenvalue weighted by Gasteiger charge is -2.35. The van der Waals surface area contributed by atoms with Crippen LogP contribution in [0.25, 0.3) is 6.08 Å². The lowest BCUT2D eigenvalue weighted by atomic mass is 9.96. The van der Waals surface area contributed by atoms with Crippen LogP contribution < -0.4 is 0 Å². The molecule has 7 nitrogen and oxygen atoms in total. The van der Waals surface area contributed by atoms with E-state index < -0.39 is 12.2 Å². The molecule has 1 aromatic heterocycles. The van der Waals surface area contributed by atoms with Crippen molar-refractivity contribution in [3.63, 3.8) is 0 Å². The zero-order valence-electron chi connectivity index (χ0n) is 13.6. The average Bonchev–Trinajstić information content (AvgIpc) is 2.94. The number of aromatic nitrogens is 2. The predicted octanol–water partition coefficient (Wildman–Crippen LogP) is 0.0401. The Bertz CT molecular complexity index is 543. The molecule has 1 amide bonds. The highest BCUT2D eigenvalue weighted by atomic mass is 16.5. The van der Waals surface area contributed by atoms with Crippen molar-refractivity contribution in [2.45, 2.75) is 25.6 Å². The summed E-state index contributed by atoms with van der Waals surface area (Å²) < 4.78 is 6.95. The Balaban J connectivity index is 1.99. The number of hydrogen-bond donors (Lipinski definition) is 2. The number of nitrogens with zero attached hydrogens (tertiary/aromatic N) is 3. The van der Waals surface area contributed by atoms with Gasteiger partial charge in [-0.15, -0.1) is 0 Å². The van der Waals surface area contributed by atoms with Crippen molar-refractivity contribution >= 4 is 12.0 Å². The highest BCUT2D eigenvalue weighted by molar-refractivity contribution is 5.91. The van der Waals surface area contributed by atoms with Gasteiger partial charge in [-0.2, -0.15) is 5.10 Å². The van der Waals surface area contributed by atoms with Gasteiger partial charge in [-0.05, 0) is 12.5 Å². The molecule has 128 valence electrons. The Morgan fingerprint density at radius 3 is 2.96 bits per heavy atom. The molecule has 0 aromatic carbocycles. The van der Waals surface area contributed by atoms with E-state index in [4.69, 9.17) is 4.74 Å². The Morgan fingerprint density at radius 1 is 1.52 bits per heavy atom. The van der Waals surface area contributed by atoms with Crippen LogP contribution in [-0.4, -0.2) is 69.3 Å². The third kappa shape index (κ3) is 4.89. The fraction of sp³-hybridized carbons (Fsp3) is 0.625. The van der Waals surface area contributed by atoms with Crippen LogP contribution in [-0.2, 0) is 16.6 Å². The van der Waals surface area contributed by atoms with Gasteiger partial charge in [0, 0.05) is 43.9 Å². The summed E-state index contributed by atoms with van der Waals surface area (Å²) in [6.45, 7) is 3.43. The number of carbonyl (C=O) groups excluding carboxylic acids is 1. The number of aryl methyl sites for hydroxylation is 1. The summed E-state index contributed by atoms with van der Waals surface area (Å²) in [5.41, 5.74) is 0.855. The summed E-state index contributed by atoms with van der Waals surface area (Å²) >= 11 is 0. The molecular formula is C16H25N3O4. The summed E-state index contributed by atoms with van der Waals surface area (Å²) in [6.07, 6.45) is 5.81. The molecule has 2 rings (SSSR count). The van der Waals surface area contributed by atoms with Gasteiger partial charge in [0.1, 0.15) is 6.10 Å². The van der Waals surface area contributed by atoms with E-state index in [1.807, 2.05) is 20.2 Å². The first-order chi connectivity index (χ1) is 11.0. The first-order valence-electron chi connectivity index (χ1n) is 7.90. The number of aliphatic hydroxyl groups excluding tert-OH is 2. The van der Waals surface area contributed by atoms with E-state index in [0.717, 1.165) is 12.0 Å². The molecule has 1 saturated heterocycles. The normalized spacial score (nSPS) is 25.0. The van der Waals surface area contributed by atoms with E-state index in [2.05, 4.69) is 5.10 Å². The molecular weight excluding hydrogens is 298 g/mol. The number of amides is 1. The predicted molar refractivity (Wildman–Crippen MR) is 85.4 cm³/mol. The fourth-order valence-corrected chi connectivity index (χ4v) is 2.66. The number of ether oxygens (including phenoxy) is 1. The molecule has 2 N–H and O–H groups in total. The molecule has 0 unspecified atom stereocenters. The summed E-state index contributed by atoms with van der Waals surface area (Å²) in [4.78, 5) is 14.1. The van der Waals surface area contributed by atoms with Crippen molar-refractivity contribution < 1.29 is 19.7 Å². The minimum atomic E-state index is -0.890. The van der Waals surface area contributed by atoms with Crippen LogP contribution in [0, 0.1) is 5.92 Å². The van der Waals surface area contributed by atoms with E-state index in [1.54, 1.807) is 21.9 Å². The van der Waals surface area contributed by atoms with Gasteiger partial charge in [0.2, 0.25) is 5.91 Å². The molecule has 2 heterocycles. The third-order valence-electron chi connectivity index (χ3n) is 3.90. The van der Waals surface area contributed by atoms with Crippen LogP contribution in [0.15, 0.2) is 18.5 Å². The summed E-state index contributed by atoms with van der Waals surface area (Å²) in [6, 6.07) is 0. The van der Waals surface area contributed by atoms with Crippen molar-refractivity contribution in [1.82, 2.24) is 14.7 Å². The van der Waals surface area contributed by atoms with Crippen LogP contribution in [0.2, 0.25) is 0 Å². The second kappa shape index (κ2) is 8.24. The van der Waals surface area contributed by atoms with E-state index in [0.29, 0.717) is 19.7 Å². The summed E-state index contributed by atoms with van der Waals surface area (Å²) in [5, 5.41) is 23.8. The number of rotatable bonds is 6. The highest BCUT2D eigenvalue weighted by Crippen LogP contribution is 2.17. The topological polar surface area (TPSA) is 87.8 Å². The van der Waals surface area contributed by atoms with Crippen LogP contribution >= 0.6 is 0 Å². The maximum atomic E-state index is 12.4. The number of carbonyl (C=O) groups is 1. The van der Waals surface area contributed by atoms with E-state index in [1.165, 1.54) is 6.08 Å². The second-order valence-corrected chi connectivity index (χ2v) is 5.92. The van der Waals surface area contributed by atoms with E-state index in [-0.39, 0.29) is 18.4 Å². The lowest BCUT2D eigenvalue weighted by molar-refractivity contribution is -0.138. The number of aliphatic hydroxyl groups is 2. The Kier molecular flexibility index (Phi) is 6.32. The van der Waals surface area contributed by atoms with E-state index >= 15 is 0 Å². The van der Waals surface area contributed by atoms with Gasteiger partial charge in [-0.25, -0.2) is 0 Å². The molecule has 1 aliphatic heterocycles.